The minimum atomic E-state index is 0.276. The van der Waals surface area contributed by atoms with Crippen LogP contribution in [0.25, 0.3) is 0 Å². The van der Waals surface area contributed by atoms with Gasteiger partial charge in [0.15, 0.2) is 0 Å². The predicted molar refractivity (Wildman–Crippen MR) is 80.6 cm³/mol. The number of fused-ring (bicyclic) bond motifs is 1. The van der Waals surface area contributed by atoms with E-state index in [2.05, 4.69) is 42.1 Å². The SMILES string of the molecule is CN1CCCc2cc(C3C(N)CCCN3C)ccc21. The summed E-state index contributed by atoms with van der Waals surface area (Å²) in [5, 5.41) is 0. The molecule has 2 unspecified atom stereocenters. The molecule has 2 N–H and O–H groups in total. The van der Waals surface area contributed by atoms with Gasteiger partial charge in [0.2, 0.25) is 0 Å². The molecule has 2 aliphatic rings. The zero-order valence-corrected chi connectivity index (χ0v) is 12.1. The molecule has 0 saturated carbocycles. The molecule has 2 aliphatic heterocycles. The van der Waals surface area contributed by atoms with E-state index in [1.165, 1.54) is 42.6 Å². The second kappa shape index (κ2) is 5.14. The van der Waals surface area contributed by atoms with Crippen molar-refractivity contribution in [1.82, 2.24) is 4.90 Å². The van der Waals surface area contributed by atoms with Gasteiger partial charge in [-0.1, -0.05) is 12.1 Å². The molecule has 0 aromatic heterocycles. The Morgan fingerprint density at radius 2 is 2.00 bits per heavy atom. The van der Waals surface area contributed by atoms with Crippen LogP contribution in [-0.4, -0.2) is 38.1 Å². The number of likely N-dealkylation sites (tertiary alicyclic amines) is 1. The third-order valence-corrected chi connectivity index (χ3v) is 4.72. The summed E-state index contributed by atoms with van der Waals surface area (Å²) in [6, 6.07) is 7.65. The first-order valence-corrected chi connectivity index (χ1v) is 7.46. The summed E-state index contributed by atoms with van der Waals surface area (Å²) in [5.41, 5.74) is 10.7. The third kappa shape index (κ3) is 2.37. The van der Waals surface area contributed by atoms with Crippen LogP contribution in [0.4, 0.5) is 5.69 Å². The van der Waals surface area contributed by atoms with Crippen LogP contribution in [0, 0.1) is 0 Å². The first kappa shape index (κ1) is 12.9. The van der Waals surface area contributed by atoms with E-state index >= 15 is 0 Å². The zero-order chi connectivity index (χ0) is 13.4. The maximum atomic E-state index is 6.35. The van der Waals surface area contributed by atoms with Crippen LogP contribution in [-0.2, 0) is 6.42 Å². The lowest BCUT2D eigenvalue weighted by Gasteiger charge is -2.38. The van der Waals surface area contributed by atoms with E-state index in [0.717, 1.165) is 13.0 Å². The fourth-order valence-corrected chi connectivity index (χ4v) is 3.69. The van der Waals surface area contributed by atoms with Crippen molar-refractivity contribution in [2.45, 2.75) is 37.8 Å². The quantitative estimate of drug-likeness (QED) is 0.839. The van der Waals surface area contributed by atoms with Gasteiger partial charge in [-0.05, 0) is 56.5 Å². The molecule has 1 aromatic rings. The average Bonchev–Trinajstić information content (AvgIpc) is 2.39. The van der Waals surface area contributed by atoms with Crippen molar-refractivity contribution in [3.05, 3.63) is 29.3 Å². The average molecular weight is 259 g/mol. The standard InChI is InChI=1S/C16H25N3/c1-18-9-3-5-12-11-13(7-8-15(12)18)16-14(17)6-4-10-19(16)2/h7-8,11,14,16H,3-6,9-10,17H2,1-2H3. The Bertz CT molecular complexity index is 447. The van der Waals surface area contributed by atoms with Gasteiger partial charge in [0.1, 0.15) is 0 Å². The van der Waals surface area contributed by atoms with E-state index in [1.54, 1.807) is 0 Å². The number of nitrogens with two attached hydrogens (primary N) is 1. The van der Waals surface area contributed by atoms with Crippen LogP contribution in [0.2, 0.25) is 0 Å². The van der Waals surface area contributed by atoms with Gasteiger partial charge in [0.25, 0.3) is 0 Å². The maximum Gasteiger partial charge on any atom is 0.0496 e. The lowest BCUT2D eigenvalue weighted by atomic mass is 9.89. The van der Waals surface area contributed by atoms with Crippen molar-refractivity contribution >= 4 is 5.69 Å². The third-order valence-electron chi connectivity index (χ3n) is 4.72. The second-order valence-corrected chi connectivity index (χ2v) is 6.14. The Hall–Kier alpha value is -1.06. The van der Waals surface area contributed by atoms with E-state index in [0.29, 0.717) is 6.04 Å². The number of benzene rings is 1. The van der Waals surface area contributed by atoms with Gasteiger partial charge >= 0.3 is 0 Å². The molecule has 3 heteroatoms. The summed E-state index contributed by atoms with van der Waals surface area (Å²) >= 11 is 0. The van der Waals surface area contributed by atoms with Crippen molar-refractivity contribution in [2.24, 2.45) is 5.73 Å². The molecule has 3 rings (SSSR count). The van der Waals surface area contributed by atoms with Crippen LogP contribution in [0.15, 0.2) is 18.2 Å². The lowest BCUT2D eigenvalue weighted by molar-refractivity contribution is 0.163. The fourth-order valence-electron chi connectivity index (χ4n) is 3.69. The summed E-state index contributed by atoms with van der Waals surface area (Å²) in [6.07, 6.45) is 4.84. The molecular weight excluding hydrogens is 234 g/mol. The molecule has 1 aromatic carbocycles. The molecule has 0 bridgehead atoms. The molecule has 2 heterocycles. The van der Waals surface area contributed by atoms with E-state index < -0.39 is 0 Å². The number of hydrogen-bond acceptors (Lipinski definition) is 3. The maximum absolute atomic E-state index is 6.35. The number of rotatable bonds is 1. The summed E-state index contributed by atoms with van der Waals surface area (Å²) < 4.78 is 0. The molecule has 104 valence electrons. The fraction of sp³-hybridized carbons (Fsp3) is 0.625. The molecule has 0 radical (unpaired) electrons. The number of anilines is 1. The number of likely N-dealkylation sites (N-methyl/N-ethyl adjacent to an activating group) is 1. The molecular formula is C16H25N3. The summed E-state index contributed by atoms with van der Waals surface area (Å²) in [5.74, 6) is 0. The Balaban J connectivity index is 1.93. The highest BCUT2D eigenvalue weighted by molar-refractivity contribution is 5.56. The van der Waals surface area contributed by atoms with E-state index in [1.807, 2.05) is 0 Å². The van der Waals surface area contributed by atoms with Crippen molar-refractivity contribution in [2.75, 3.05) is 32.1 Å². The minimum absolute atomic E-state index is 0.276. The summed E-state index contributed by atoms with van der Waals surface area (Å²) in [7, 11) is 4.39. The smallest absolute Gasteiger partial charge is 0.0496 e. The van der Waals surface area contributed by atoms with Crippen LogP contribution in [0.1, 0.15) is 36.4 Å². The monoisotopic (exact) mass is 259 g/mol. The normalized spacial score (nSPS) is 28.3. The van der Waals surface area contributed by atoms with E-state index in [4.69, 9.17) is 5.73 Å². The molecule has 1 saturated heterocycles. The first-order valence-electron chi connectivity index (χ1n) is 7.46. The zero-order valence-electron chi connectivity index (χ0n) is 12.1. The van der Waals surface area contributed by atoms with Gasteiger partial charge in [-0.2, -0.15) is 0 Å². The van der Waals surface area contributed by atoms with Crippen LogP contribution in [0.5, 0.6) is 0 Å². The van der Waals surface area contributed by atoms with Crippen molar-refractivity contribution in [1.29, 1.82) is 0 Å². The predicted octanol–water partition coefficient (Wildman–Crippen LogP) is 2.16. The lowest BCUT2D eigenvalue weighted by Crippen LogP contribution is -2.43. The molecule has 0 spiro atoms. The Morgan fingerprint density at radius 3 is 2.79 bits per heavy atom. The van der Waals surface area contributed by atoms with Crippen LogP contribution >= 0.6 is 0 Å². The van der Waals surface area contributed by atoms with Gasteiger partial charge in [-0.3, -0.25) is 4.90 Å². The largest absolute Gasteiger partial charge is 0.374 e. The van der Waals surface area contributed by atoms with Crippen LogP contribution < -0.4 is 10.6 Å². The van der Waals surface area contributed by atoms with Gasteiger partial charge in [0.05, 0.1) is 0 Å². The molecule has 19 heavy (non-hydrogen) atoms. The number of hydrogen-bond donors (Lipinski definition) is 1. The molecule has 3 nitrogen and oxygen atoms in total. The van der Waals surface area contributed by atoms with Gasteiger partial charge in [0, 0.05) is 31.4 Å². The van der Waals surface area contributed by atoms with Crippen molar-refractivity contribution < 1.29 is 0 Å². The number of piperidine rings is 1. The van der Waals surface area contributed by atoms with Gasteiger partial charge in [-0.15, -0.1) is 0 Å². The van der Waals surface area contributed by atoms with Gasteiger partial charge < -0.3 is 10.6 Å². The Morgan fingerprint density at radius 1 is 1.16 bits per heavy atom. The summed E-state index contributed by atoms with van der Waals surface area (Å²) in [6.45, 7) is 2.34. The Labute approximate surface area is 116 Å². The highest BCUT2D eigenvalue weighted by Crippen LogP contribution is 2.33. The molecule has 2 atom stereocenters. The van der Waals surface area contributed by atoms with Crippen molar-refractivity contribution in [3.8, 4) is 0 Å². The number of nitrogens with zero attached hydrogens (tertiary/aromatic N) is 2. The van der Waals surface area contributed by atoms with Crippen LogP contribution in [0.3, 0.4) is 0 Å². The van der Waals surface area contributed by atoms with E-state index in [-0.39, 0.29) is 6.04 Å². The highest BCUT2D eigenvalue weighted by Gasteiger charge is 2.28. The van der Waals surface area contributed by atoms with Gasteiger partial charge in [-0.25, -0.2) is 0 Å². The number of aryl methyl sites for hydroxylation is 1. The topological polar surface area (TPSA) is 32.5 Å². The van der Waals surface area contributed by atoms with E-state index in [9.17, 15) is 0 Å². The minimum Gasteiger partial charge on any atom is -0.374 e. The first-order chi connectivity index (χ1) is 9.16. The van der Waals surface area contributed by atoms with Crippen molar-refractivity contribution in [3.63, 3.8) is 0 Å². The highest BCUT2D eigenvalue weighted by atomic mass is 15.2. The molecule has 0 amide bonds. The summed E-state index contributed by atoms with van der Waals surface area (Å²) in [4.78, 5) is 4.79. The Kier molecular flexibility index (Phi) is 3.50. The molecule has 1 fully saturated rings. The molecule has 0 aliphatic carbocycles. The second-order valence-electron chi connectivity index (χ2n) is 6.14.